The zero-order chi connectivity index (χ0) is 40.0. The van der Waals surface area contributed by atoms with Crippen molar-refractivity contribution in [1.82, 2.24) is 20.1 Å². The van der Waals surface area contributed by atoms with Gasteiger partial charge in [0.2, 0.25) is 5.60 Å². The molecule has 0 radical (unpaired) electrons. The normalized spacial score (nSPS) is 19.1. The fourth-order valence-electron chi connectivity index (χ4n) is 6.91. The molecule has 4 heterocycles. The van der Waals surface area contributed by atoms with Crippen LogP contribution in [-0.2, 0) is 26.7 Å². The number of rotatable bonds is 11. The molecule has 4 amide bonds. The van der Waals surface area contributed by atoms with Gasteiger partial charge in [0.15, 0.2) is 0 Å². The maximum Gasteiger partial charge on any atom is 0.425 e. The highest BCUT2D eigenvalue weighted by Gasteiger charge is 2.56. The van der Waals surface area contributed by atoms with Gasteiger partial charge in [0.05, 0.1) is 35.2 Å². The Labute approximate surface area is 316 Å². The summed E-state index contributed by atoms with van der Waals surface area (Å²) in [6.45, 7) is 3.85. The molecule has 12 nitrogen and oxygen atoms in total. The third kappa shape index (κ3) is 9.42. The smallest absolute Gasteiger partial charge is 0.425 e. The molecule has 2 N–H and O–H groups in total. The number of esters is 1. The Morgan fingerprint density at radius 3 is 2.36 bits per heavy atom. The number of aromatic nitrogens is 1. The Kier molecular flexibility index (Phi) is 12.8. The molecule has 2 aliphatic heterocycles. The van der Waals surface area contributed by atoms with E-state index in [1.807, 2.05) is 4.90 Å². The van der Waals surface area contributed by atoms with Gasteiger partial charge < -0.3 is 34.8 Å². The molecule has 0 bridgehead atoms. The number of carbonyl (C=O) groups excluding carboxylic acids is 4. The highest BCUT2D eigenvalue weighted by Crippen LogP contribution is 2.43. The predicted octanol–water partition coefficient (Wildman–Crippen LogP) is 6.44. The summed E-state index contributed by atoms with van der Waals surface area (Å²) < 4.78 is 94.3. The van der Waals surface area contributed by atoms with Crippen molar-refractivity contribution in [3.8, 4) is 5.75 Å². The summed E-state index contributed by atoms with van der Waals surface area (Å²) in [4.78, 5) is 60.5. The van der Waals surface area contributed by atoms with Gasteiger partial charge in [0.1, 0.15) is 17.2 Å². The van der Waals surface area contributed by atoms with Gasteiger partial charge >= 0.3 is 24.4 Å². The molecule has 55 heavy (non-hydrogen) atoms. The number of pyridine rings is 1. The fraction of sp³-hybridized carbons (Fsp3) is 0.472. The molecule has 0 aliphatic carbocycles. The van der Waals surface area contributed by atoms with Crippen LogP contribution in [0.4, 0.5) is 42.5 Å². The monoisotopic (exact) mass is 798 g/mol. The zero-order valence-electron chi connectivity index (χ0n) is 30.0. The molecule has 0 unspecified atom stereocenters. The zero-order valence-corrected chi connectivity index (χ0v) is 30.8. The summed E-state index contributed by atoms with van der Waals surface area (Å²) in [7, 11) is 0. The summed E-state index contributed by atoms with van der Waals surface area (Å²) in [6.07, 6.45) is -7.33. The molecule has 0 spiro atoms. The molecule has 1 aromatic carbocycles. The van der Waals surface area contributed by atoms with Crippen LogP contribution in [0.3, 0.4) is 0 Å². The lowest BCUT2D eigenvalue weighted by atomic mass is 9.79. The fourth-order valence-corrected chi connectivity index (χ4v) is 7.58. The van der Waals surface area contributed by atoms with Crippen molar-refractivity contribution in [3.05, 3.63) is 70.2 Å². The Morgan fingerprint density at radius 2 is 1.71 bits per heavy atom. The van der Waals surface area contributed by atoms with Crippen LogP contribution in [0.2, 0.25) is 0 Å². The van der Waals surface area contributed by atoms with Gasteiger partial charge in [-0.15, -0.1) is 11.3 Å². The number of anilines is 2. The minimum atomic E-state index is -4.89. The van der Waals surface area contributed by atoms with Crippen molar-refractivity contribution in [3.63, 3.8) is 0 Å². The number of piperazine rings is 1. The first-order valence-electron chi connectivity index (χ1n) is 17.6. The van der Waals surface area contributed by atoms with Gasteiger partial charge in [-0.2, -0.15) is 26.3 Å². The van der Waals surface area contributed by atoms with E-state index in [0.29, 0.717) is 35.2 Å². The first-order chi connectivity index (χ1) is 26.1. The number of hydrogen-bond donors (Lipinski definition) is 2. The number of thiophene rings is 1. The third-order valence-corrected chi connectivity index (χ3v) is 10.3. The first kappa shape index (κ1) is 41.1. The molecule has 19 heteroatoms. The lowest BCUT2D eigenvalue weighted by molar-refractivity contribution is -0.159. The largest absolute Gasteiger partial charge is 0.474 e. The molecule has 298 valence electrons. The molecular weight excluding hydrogens is 758 g/mol. The number of ether oxygens (including phenoxy) is 2. The molecule has 2 aromatic heterocycles. The van der Waals surface area contributed by atoms with Crippen LogP contribution in [0, 0.1) is 0 Å². The number of nitrogens with one attached hydrogen (secondary N) is 2. The van der Waals surface area contributed by atoms with Crippen molar-refractivity contribution >= 4 is 46.5 Å². The maximum atomic E-state index is 14.9. The quantitative estimate of drug-likeness (QED) is 0.168. The first-order valence-corrected chi connectivity index (χ1v) is 18.5. The van der Waals surface area contributed by atoms with E-state index in [9.17, 15) is 45.5 Å². The Hall–Kier alpha value is -5.07. The molecule has 5 rings (SSSR count). The second-order valence-electron chi connectivity index (χ2n) is 12.9. The van der Waals surface area contributed by atoms with E-state index in [2.05, 4.69) is 15.6 Å². The SMILES string of the molecule is CCC[C@H]1N(C(=O)c2cnccc2C(F)(F)F)CCC[C@@]1(Oc1csc(C(F)(F)F)c1)C(=O)N1CCN(c2ccccc2NC(=O)NCC(=O)OCC)CC1. The van der Waals surface area contributed by atoms with Crippen LogP contribution in [0.1, 0.15) is 60.3 Å². The summed E-state index contributed by atoms with van der Waals surface area (Å²) in [6, 6.07) is 6.53. The lowest BCUT2D eigenvalue weighted by Crippen LogP contribution is -2.69. The minimum absolute atomic E-state index is 0.0233. The Balaban J connectivity index is 1.43. The van der Waals surface area contributed by atoms with Crippen LogP contribution in [0.15, 0.2) is 54.2 Å². The summed E-state index contributed by atoms with van der Waals surface area (Å²) in [5.41, 5.74) is -2.85. The van der Waals surface area contributed by atoms with Crippen LogP contribution in [-0.4, -0.2) is 96.1 Å². The average Bonchev–Trinajstić information content (AvgIpc) is 3.63. The summed E-state index contributed by atoms with van der Waals surface area (Å²) in [5.74, 6) is -2.50. The summed E-state index contributed by atoms with van der Waals surface area (Å²) in [5, 5.41) is 6.25. The molecule has 2 fully saturated rings. The number of urea groups is 1. The standard InChI is InChI=1S/C36H40F6N6O6S/c1-3-8-28-34(54-23-19-29(55-22-23)36(40,41)42,12-7-14-48(28)31(50)24-20-43-13-11-25(24)35(37,38)39)32(51)47-17-15-46(16-18-47)27-10-6-5-9-26(27)45-33(52)44-21-30(49)53-4-2/h5-6,9-11,13,19-20,22,28H,3-4,7-8,12,14-18,21H2,1-2H3,(H2,44,45,52)/t28-,34+/m1/s1. The Bertz CT molecular complexity index is 1850. The van der Waals surface area contributed by atoms with Crippen molar-refractivity contribution in [1.29, 1.82) is 0 Å². The van der Waals surface area contributed by atoms with Crippen LogP contribution in [0.25, 0.3) is 0 Å². The van der Waals surface area contributed by atoms with Gasteiger partial charge in [0, 0.05) is 63.0 Å². The number of nitrogens with zero attached hydrogens (tertiary/aromatic N) is 4. The van der Waals surface area contributed by atoms with Crippen molar-refractivity contribution in [2.45, 2.75) is 63.5 Å². The van der Waals surface area contributed by atoms with E-state index in [-0.39, 0.29) is 70.9 Å². The van der Waals surface area contributed by atoms with Crippen LogP contribution >= 0.6 is 11.3 Å². The van der Waals surface area contributed by atoms with Gasteiger partial charge in [-0.25, -0.2) is 4.79 Å². The number of para-hydroxylation sites is 2. The van der Waals surface area contributed by atoms with Crippen molar-refractivity contribution < 1.29 is 55.0 Å². The van der Waals surface area contributed by atoms with Gasteiger partial charge in [-0.1, -0.05) is 25.5 Å². The third-order valence-electron chi connectivity index (χ3n) is 9.32. The van der Waals surface area contributed by atoms with Crippen molar-refractivity contribution in [2.75, 3.05) is 56.1 Å². The number of halogens is 6. The highest BCUT2D eigenvalue weighted by molar-refractivity contribution is 7.10. The van der Waals surface area contributed by atoms with E-state index < -0.39 is 63.8 Å². The topological polar surface area (TPSA) is 133 Å². The van der Waals surface area contributed by atoms with Crippen LogP contribution < -0.4 is 20.3 Å². The number of carbonyl (C=O) groups is 4. The Morgan fingerprint density at radius 1 is 0.982 bits per heavy atom. The van der Waals surface area contributed by atoms with Gasteiger partial charge in [-0.3, -0.25) is 19.4 Å². The van der Waals surface area contributed by atoms with E-state index in [4.69, 9.17) is 9.47 Å². The number of alkyl halides is 6. The van der Waals surface area contributed by atoms with E-state index in [1.54, 1.807) is 38.1 Å². The number of amides is 4. The number of likely N-dealkylation sites (tertiary alicyclic amines) is 1. The highest BCUT2D eigenvalue weighted by atomic mass is 32.1. The second-order valence-corrected chi connectivity index (χ2v) is 13.8. The van der Waals surface area contributed by atoms with Gasteiger partial charge in [0.25, 0.3) is 11.8 Å². The average molecular weight is 799 g/mol. The van der Waals surface area contributed by atoms with Crippen molar-refractivity contribution in [2.24, 2.45) is 0 Å². The molecular formula is C36H40F6N6O6S. The molecule has 2 atom stereocenters. The molecule has 0 saturated carbocycles. The van der Waals surface area contributed by atoms with Crippen LogP contribution in [0.5, 0.6) is 5.75 Å². The maximum absolute atomic E-state index is 14.9. The molecule has 3 aromatic rings. The second kappa shape index (κ2) is 17.2. The van der Waals surface area contributed by atoms with Gasteiger partial charge in [-0.05, 0) is 38.0 Å². The predicted molar refractivity (Wildman–Crippen MR) is 190 cm³/mol. The minimum Gasteiger partial charge on any atom is -0.474 e. The molecule has 2 saturated heterocycles. The van der Waals surface area contributed by atoms with E-state index in [0.717, 1.165) is 23.8 Å². The lowest BCUT2D eigenvalue weighted by Gasteiger charge is -2.51. The van der Waals surface area contributed by atoms with E-state index >= 15 is 0 Å². The van der Waals surface area contributed by atoms with E-state index in [1.165, 1.54) is 9.80 Å². The summed E-state index contributed by atoms with van der Waals surface area (Å²) >= 11 is 0.371. The number of hydrogen-bond acceptors (Lipinski definition) is 9. The molecule has 2 aliphatic rings. The number of benzene rings is 1. The number of piperidine rings is 1.